The quantitative estimate of drug-likeness (QED) is 0.334. The van der Waals surface area contributed by atoms with Crippen LogP contribution in [0.25, 0.3) is 11.1 Å². The number of ether oxygens (including phenoxy) is 1. The molecule has 2 aliphatic heterocycles. The van der Waals surface area contributed by atoms with Crippen molar-refractivity contribution in [3.05, 3.63) is 71.1 Å². The summed E-state index contributed by atoms with van der Waals surface area (Å²) in [4.78, 5) is 45.7. The standard InChI is InChI=1S/C31H31ClFN3O5S/c1-18(14-27(37)38)41-26-7-5-4-6-22(26)19-8-9-23(24(33)15-19)29(39)35-12-10-21(11-13-35)36-25-16-20(32)17-34-28(25)42-31(2,3)30(36)40/h4-9,15-18,21H,10-14H2,1-3H3,(H,37,38)/t18-/m1/s1. The minimum atomic E-state index is -0.977. The number of nitrogens with zero attached hydrogens (tertiary/aromatic N) is 3. The molecule has 2 aromatic carbocycles. The van der Waals surface area contributed by atoms with Gasteiger partial charge in [0.05, 0.1) is 27.4 Å². The van der Waals surface area contributed by atoms with Crippen LogP contribution >= 0.6 is 23.4 Å². The molecule has 1 saturated heterocycles. The van der Waals surface area contributed by atoms with E-state index in [1.165, 1.54) is 23.9 Å². The molecular weight excluding hydrogens is 581 g/mol. The van der Waals surface area contributed by atoms with Crippen molar-refractivity contribution in [2.45, 2.75) is 62.0 Å². The summed E-state index contributed by atoms with van der Waals surface area (Å²) in [7, 11) is 0. The van der Waals surface area contributed by atoms with E-state index in [0.717, 1.165) is 5.03 Å². The molecule has 0 aliphatic carbocycles. The number of hydrogen-bond acceptors (Lipinski definition) is 6. The van der Waals surface area contributed by atoms with Gasteiger partial charge in [0.15, 0.2) is 0 Å². The van der Waals surface area contributed by atoms with Crippen LogP contribution in [-0.2, 0) is 9.59 Å². The smallest absolute Gasteiger partial charge is 0.307 e. The molecule has 220 valence electrons. The summed E-state index contributed by atoms with van der Waals surface area (Å²) in [6.45, 7) is 6.13. The number of anilines is 1. The number of hydrogen-bond donors (Lipinski definition) is 1. The second-order valence-electron chi connectivity index (χ2n) is 11.0. The van der Waals surface area contributed by atoms with E-state index in [2.05, 4.69) is 4.98 Å². The lowest BCUT2D eigenvalue weighted by Gasteiger charge is -2.44. The zero-order chi connectivity index (χ0) is 30.2. The number of likely N-dealkylation sites (tertiary alicyclic amines) is 1. The third kappa shape index (κ3) is 6.10. The number of halogens is 2. The molecule has 8 nitrogen and oxygen atoms in total. The Balaban J connectivity index is 1.30. The van der Waals surface area contributed by atoms with Gasteiger partial charge in [0.2, 0.25) is 5.91 Å². The maximum atomic E-state index is 15.4. The number of carboxylic acids is 1. The van der Waals surface area contributed by atoms with Gasteiger partial charge < -0.3 is 19.6 Å². The zero-order valence-corrected chi connectivity index (χ0v) is 25.0. The summed E-state index contributed by atoms with van der Waals surface area (Å²) in [6.07, 6.45) is 1.88. The van der Waals surface area contributed by atoms with Crippen molar-refractivity contribution in [3.8, 4) is 16.9 Å². The normalized spacial score (nSPS) is 17.5. The van der Waals surface area contributed by atoms with Gasteiger partial charge in [-0.2, -0.15) is 0 Å². The molecule has 3 aromatic rings. The molecule has 1 atom stereocenters. The van der Waals surface area contributed by atoms with Gasteiger partial charge in [-0.05, 0) is 63.4 Å². The van der Waals surface area contributed by atoms with Gasteiger partial charge in [-0.3, -0.25) is 14.4 Å². The summed E-state index contributed by atoms with van der Waals surface area (Å²) in [5.74, 6) is -1.65. The molecule has 0 bridgehead atoms. The molecule has 0 spiro atoms. The van der Waals surface area contributed by atoms with Crippen LogP contribution in [0.4, 0.5) is 10.1 Å². The van der Waals surface area contributed by atoms with Crippen LogP contribution in [-0.4, -0.2) is 62.8 Å². The lowest BCUT2D eigenvalue weighted by Crippen LogP contribution is -2.55. The summed E-state index contributed by atoms with van der Waals surface area (Å²) in [5.41, 5.74) is 1.75. The van der Waals surface area contributed by atoms with Crippen LogP contribution in [0, 0.1) is 5.82 Å². The SMILES string of the molecule is C[C@H](CC(=O)O)Oc1ccccc1-c1ccc(C(=O)N2CCC(N3C(=O)C(C)(C)Sc4ncc(Cl)cc43)CC2)c(F)c1. The average molecular weight is 612 g/mol. The number of aliphatic carboxylic acids is 1. The first-order valence-corrected chi connectivity index (χ1v) is 14.9. The Bertz CT molecular complexity index is 1540. The molecule has 2 amide bonds. The molecule has 2 aliphatic rings. The molecular formula is C31H31ClFN3O5S. The predicted molar refractivity (Wildman–Crippen MR) is 160 cm³/mol. The van der Waals surface area contributed by atoms with Crippen LogP contribution in [0.3, 0.4) is 0 Å². The fourth-order valence-corrected chi connectivity index (χ4v) is 6.57. The van der Waals surface area contributed by atoms with Gasteiger partial charge in [-0.1, -0.05) is 47.6 Å². The Kier molecular flexibility index (Phi) is 8.48. The van der Waals surface area contributed by atoms with Crippen LogP contribution in [0.1, 0.15) is 50.4 Å². The van der Waals surface area contributed by atoms with Crippen LogP contribution in [0.5, 0.6) is 5.75 Å². The number of carbonyl (C=O) groups is 3. The number of amides is 2. The minimum absolute atomic E-state index is 0.0305. The number of para-hydroxylation sites is 1. The first-order chi connectivity index (χ1) is 19.9. The number of thioether (sulfide) groups is 1. The Labute approximate surface area is 252 Å². The van der Waals surface area contributed by atoms with E-state index < -0.39 is 28.5 Å². The Morgan fingerprint density at radius 1 is 1.19 bits per heavy atom. The fraction of sp³-hybridized carbons (Fsp3) is 0.355. The number of pyridine rings is 1. The molecule has 3 heterocycles. The molecule has 1 fully saturated rings. The van der Waals surface area contributed by atoms with Crippen molar-refractivity contribution in [1.29, 1.82) is 0 Å². The number of carbonyl (C=O) groups excluding carboxylic acids is 2. The first kappa shape index (κ1) is 29.8. The maximum absolute atomic E-state index is 15.4. The molecule has 11 heteroatoms. The molecule has 0 saturated carbocycles. The fourth-order valence-electron chi connectivity index (χ4n) is 5.38. The number of rotatable bonds is 7. The molecule has 5 rings (SSSR count). The highest BCUT2D eigenvalue weighted by molar-refractivity contribution is 8.01. The lowest BCUT2D eigenvalue weighted by molar-refractivity contribution is -0.138. The molecule has 0 radical (unpaired) electrons. The van der Waals surface area contributed by atoms with Gasteiger partial charge >= 0.3 is 5.97 Å². The van der Waals surface area contributed by atoms with Gasteiger partial charge in [0.1, 0.15) is 22.7 Å². The highest BCUT2D eigenvalue weighted by atomic mass is 35.5. The Morgan fingerprint density at radius 3 is 2.60 bits per heavy atom. The molecule has 42 heavy (non-hydrogen) atoms. The van der Waals surface area contributed by atoms with Gasteiger partial charge in [0, 0.05) is 30.9 Å². The monoisotopic (exact) mass is 611 g/mol. The van der Waals surface area contributed by atoms with Crippen molar-refractivity contribution in [2.24, 2.45) is 0 Å². The van der Waals surface area contributed by atoms with E-state index in [1.807, 2.05) is 13.8 Å². The van der Waals surface area contributed by atoms with Crippen molar-refractivity contribution >= 4 is 46.8 Å². The van der Waals surface area contributed by atoms with Crippen LogP contribution < -0.4 is 9.64 Å². The zero-order valence-electron chi connectivity index (χ0n) is 23.5. The number of fused-ring (bicyclic) bond motifs is 1. The van der Waals surface area contributed by atoms with Gasteiger partial charge in [-0.25, -0.2) is 9.37 Å². The summed E-state index contributed by atoms with van der Waals surface area (Å²) in [6, 6.07) is 13.0. The molecule has 0 unspecified atom stereocenters. The second kappa shape index (κ2) is 11.9. The average Bonchev–Trinajstić information content (AvgIpc) is 2.94. The lowest BCUT2D eigenvalue weighted by atomic mass is 9.98. The van der Waals surface area contributed by atoms with Gasteiger partial charge in [0.25, 0.3) is 5.91 Å². The molecule has 1 N–H and O–H groups in total. The number of aromatic nitrogens is 1. The van der Waals surface area contributed by atoms with Crippen molar-refractivity contribution < 1.29 is 28.6 Å². The Hall–Kier alpha value is -3.63. The third-order valence-electron chi connectivity index (χ3n) is 7.45. The number of piperidine rings is 1. The van der Waals surface area contributed by atoms with Crippen molar-refractivity contribution in [3.63, 3.8) is 0 Å². The summed E-state index contributed by atoms with van der Waals surface area (Å²) < 4.78 is 20.5. The highest BCUT2D eigenvalue weighted by Crippen LogP contribution is 2.46. The second-order valence-corrected chi connectivity index (χ2v) is 13.1. The van der Waals surface area contributed by atoms with E-state index in [1.54, 1.807) is 59.3 Å². The van der Waals surface area contributed by atoms with E-state index in [-0.39, 0.29) is 23.9 Å². The third-order valence-corrected chi connectivity index (χ3v) is 8.85. The Morgan fingerprint density at radius 2 is 1.90 bits per heavy atom. The van der Waals surface area contributed by atoms with Crippen LogP contribution in [0.2, 0.25) is 5.02 Å². The van der Waals surface area contributed by atoms with Crippen molar-refractivity contribution in [2.75, 3.05) is 18.0 Å². The maximum Gasteiger partial charge on any atom is 0.307 e. The highest BCUT2D eigenvalue weighted by Gasteiger charge is 2.44. The largest absolute Gasteiger partial charge is 0.489 e. The van der Waals surface area contributed by atoms with E-state index in [9.17, 15) is 14.4 Å². The molecule has 1 aromatic heterocycles. The predicted octanol–water partition coefficient (Wildman–Crippen LogP) is 6.31. The van der Waals surface area contributed by atoms with E-state index in [4.69, 9.17) is 21.4 Å². The van der Waals surface area contributed by atoms with Crippen LogP contribution in [0.15, 0.2) is 59.8 Å². The topological polar surface area (TPSA) is 100 Å². The number of benzene rings is 2. The van der Waals surface area contributed by atoms with Crippen molar-refractivity contribution in [1.82, 2.24) is 9.88 Å². The summed E-state index contributed by atoms with van der Waals surface area (Å²) in [5, 5.41) is 10.2. The van der Waals surface area contributed by atoms with E-state index >= 15 is 4.39 Å². The summed E-state index contributed by atoms with van der Waals surface area (Å²) >= 11 is 7.63. The first-order valence-electron chi connectivity index (χ1n) is 13.7. The van der Waals surface area contributed by atoms with E-state index in [0.29, 0.717) is 53.5 Å². The van der Waals surface area contributed by atoms with Gasteiger partial charge in [-0.15, -0.1) is 0 Å². The minimum Gasteiger partial charge on any atom is -0.489 e. The number of carboxylic acid groups (broad SMARTS) is 1.